The van der Waals surface area contributed by atoms with Crippen LogP contribution in [0.1, 0.15) is 27.6 Å². The van der Waals surface area contributed by atoms with Gasteiger partial charge in [-0.25, -0.2) is 4.98 Å². The van der Waals surface area contributed by atoms with Crippen LogP contribution < -0.4 is 10.2 Å². The number of carbonyl (C=O) groups excluding carboxylic acids is 1. The molecule has 1 aromatic carbocycles. The first-order chi connectivity index (χ1) is 15.9. The van der Waals surface area contributed by atoms with Gasteiger partial charge in [0.15, 0.2) is 0 Å². The Hall–Kier alpha value is -3.36. The third-order valence-electron chi connectivity index (χ3n) is 5.74. The maximum absolute atomic E-state index is 13.6. The van der Waals surface area contributed by atoms with Crippen LogP contribution >= 0.6 is 11.6 Å². The second kappa shape index (κ2) is 8.53. The van der Waals surface area contributed by atoms with Crippen molar-refractivity contribution in [2.24, 2.45) is 0 Å². The molecule has 0 radical (unpaired) electrons. The van der Waals surface area contributed by atoms with E-state index in [0.717, 1.165) is 30.1 Å². The second-order valence-corrected chi connectivity index (χ2v) is 8.48. The molecule has 1 amide bonds. The number of aryl methyl sites for hydroxylation is 3. The molecule has 8 nitrogen and oxygen atoms in total. The standard InChI is InChI=1S/C24H23ClN4O4/c1-13-10-17(15(3)32-13)19-12-18(22-14(2)28-33-24(22)27-19)23(30)26-20-11-16(25)4-5-21(20)29-6-8-31-9-7-29/h4-5,10-12H,6-9H2,1-3H3,(H,26,30). The highest BCUT2D eigenvalue weighted by Gasteiger charge is 2.23. The number of nitrogens with zero attached hydrogens (tertiary/aromatic N) is 3. The lowest BCUT2D eigenvalue weighted by molar-refractivity contribution is 0.102. The van der Waals surface area contributed by atoms with Crippen molar-refractivity contribution in [1.82, 2.24) is 10.1 Å². The molecule has 1 aliphatic rings. The lowest BCUT2D eigenvalue weighted by atomic mass is 10.0. The van der Waals surface area contributed by atoms with Crippen LogP contribution in [0.25, 0.3) is 22.4 Å². The number of anilines is 2. The van der Waals surface area contributed by atoms with Gasteiger partial charge in [0.05, 0.1) is 46.9 Å². The summed E-state index contributed by atoms with van der Waals surface area (Å²) in [7, 11) is 0. The van der Waals surface area contributed by atoms with Crippen LogP contribution in [0, 0.1) is 20.8 Å². The fourth-order valence-electron chi connectivity index (χ4n) is 4.17. The summed E-state index contributed by atoms with van der Waals surface area (Å²) in [6.07, 6.45) is 0. The Labute approximate surface area is 195 Å². The van der Waals surface area contributed by atoms with Crippen LogP contribution in [0.5, 0.6) is 0 Å². The Morgan fingerprint density at radius 2 is 1.91 bits per heavy atom. The number of nitrogens with one attached hydrogen (secondary N) is 1. The summed E-state index contributed by atoms with van der Waals surface area (Å²) in [5.41, 5.74) is 4.21. The molecule has 0 saturated carbocycles. The van der Waals surface area contributed by atoms with Crippen LogP contribution in [0.2, 0.25) is 5.02 Å². The fourth-order valence-corrected chi connectivity index (χ4v) is 4.35. The number of benzene rings is 1. The molecule has 3 aromatic heterocycles. The van der Waals surface area contributed by atoms with E-state index in [1.54, 1.807) is 19.1 Å². The molecule has 5 rings (SSSR count). The summed E-state index contributed by atoms with van der Waals surface area (Å²) >= 11 is 6.27. The molecule has 1 N–H and O–H groups in total. The summed E-state index contributed by atoms with van der Waals surface area (Å²) in [6.45, 7) is 8.25. The van der Waals surface area contributed by atoms with Crippen LogP contribution in [0.4, 0.5) is 11.4 Å². The molecule has 170 valence electrons. The van der Waals surface area contributed by atoms with Crippen molar-refractivity contribution in [3.63, 3.8) is 0 Å². The van der Waals surface area contributed by atoms with Crippen molar-refractivity contribution in [1.29, 1.82) is 0 Å². The first-order valence-corrected chi connectivity index (χ1v) is 11.1. The smallest absolute Gasteiger partial charge is 0.259 e. The number of ether oxygens (including phenoxy) is 1. The molecule has 1 fully saturated rings. The van der Waals surface area contributed by atoms with Crippen molar-refractivity contribution in [3.8, 4) is 11.3 Å². The van der Waals surface area contributed by atoms with E-state index in [0.29, 0.717) is 57.7 Å². The van der Waals surface area contributed by atoms with E-state index >= 15 is 0 Å². The van der Waals surface area contributed by atoms with E-state index in [9.17, 15) is 4.79 Å². The number of halogens is 1. The van der Waals surface area contributed by atoms with E-state index in [2.05, 4.69) is 20.4 Å². The van der Waals surface area contributed by atoms with Crippen molar-refractivity contribution < 1.29 is 18.5 Å². The minimum absolute atomic E-state index is 0.299. The molecular formula is C24H23ClN4O4. The topological polar surface area (TPSA) is 93.6 Å². The molecule has 1 aliphatic heterocycles. The van der Waals surface area contributed by atoms with Gasteiger partial charge in [0.2, 0.25) is 0 Å². The van der Waals surface area contributed by atoms with Crippen molar-refractivity contribution in [2.75, 3.05) is 36.5 Å². The predicted molar refractivity (Wildman–Crippen MR) is 126 cm³/mol. The number of hydrogen-bond donors (Lipinski definition) is 1. The van der Waals surface area contributed by atoms with Crippen LogP contribution in [0.3, 0.4) is 0 Å². The Morgan fingerprint density at radius 1 is 1.12 bits per heavy atom. The summed E-state index contributed by atoms with van der Waals surface area (Å²) in [6, 6.07) is 9.13. The molecule has 0 atom stereocenters. The molecule has 0 spiro atoms. The zero-order chi connectivity index (χ0) is 23.1. The zero-order valence-electron chi connectivity index (χ0n) is 18.6. The van der Waals surface area contributed by atoms with Crippen molar-refractivity contribution >= 4 is 40.0 Å². The maximum atomic E-state index is 13.6. The van der Waals surface area contributed by atoms with Crippen LogP contribution in [0.15, 0.2) is 39.3 Å². The summed E-state index contributed by atoms with van der Waals surface area (Å²) in [4.78, 5) is 20.3. The van der Waals surface area contributed by atoms with Crippen molar-refractivity contribution in [3.05, 3.63) is 58.1 Å². The van der Waals surface area contributed by atoms with E-state index in [-0.39, 0.29) is 5.91 Å². The highest BCUT2D eigenvalue weighted by atomic mass is 35.5. The molecule has 4 aromatic rings. The van der Waals surface area contributed by atoms with E-state index in [1.165, 1.54) is 0 Å². The van der Waals surface area contributed by atoms with Gasteiger partial charge in [-0.15, -0.1) is 0 Å². The third-order valence-corrected chi connectivity index (χ3v) is 5.97. The molecular weight excluding hydrogens is 444 g/mol. The fraction of sp³-hybridized carbons (Fsp3) is 0.292. The van der Waals surface area contributed by atoms with Crippen LogP contribution in [-0.2, 0) is 4.74 Å². The Bertz CT molecular complexity index is 1350. The van der Waals surface area contributed by atoms with Gasteiger partial charge < -0.3 is 23.9 Å². The quantitative estimate of drug-likeness (QED) is 0.444. The zero-order valence-corrected chi connectivity index (χ0v) is 19.3. The lowest BCUT2D eigenvalue weighted by Gasteiger charge is -2.30. The molecule has 0 aliphatic carbocycles. The largest absolute Gasteiger partial charge is 0.466 e. The van der Waals surface area contributed by atoms with Gasteiger partial charge in [0, 0.05) is 23.7 Å². The lowest BCUT2D eigenvalue weighted by Crippen LogP contribution is -2.36. The predicted octanol–water partition coefficient (Wildman–Crippen LogP) is 5.15. The van der Waals surface area contributed by atoms with E-state index in [1.807, 2.05) is 32.0 Å². The highest BCUT2D eigenvalue weighted by Crippen LogP contribution is 2.33. The average molecular weight is 467 g/mol. The first-order valence-electron chi connectivity index (χ1n) is 10.7. The summed E-state index contributed by atoms with van der Waals surface area (Å²) in [5.74, 6) is 1.18. The molecule has 4 heterocycles. The maximum Gasteiger partial charge on any atom is 0.259 e. The third kappa shape index (κ3) is 4.07. The monoisotopic (exact) mass is 466 g/mol. The van der Waals surface area contributed by atoms with E-state index < -0.39 is 0 Å². The van der Waals surface area contributed by atoms with Crippen LogP contribution in [-0.4, -0.2) is 42.4 Å². The van der Waals surface area contributed by atoms with Crippen molar-refractivity contribution in [2.45, 2.75) is 20.8 Å². The minimum Gasteiger partial charge on any atom is -0.466 e. The average Bonchev–Trinajstić information content (AvgIpc) is 3.35. The Kier molecular flexibility index (Phi) is 5.55. The normalized spacial score (nSPS) is 14.1. The molecule has 9 heteroatoms. The van der Waals surface area contributed by atoms with Gasteiger partial charge >= 0.3 is 0 Å². The van der Waals surface area contributed by atoms with Gasteiger partial charge in [-0.1, -0.05) is 16.8 Å². The number of aromatic nitrogens is 2. The first kappa shape index (κ1) is 21.5. The molecule has 0 bridgehead atoms. The minimum atomic E-state index is -0.301. The van der Waals surface area contributed by atoms with Gasteiger partial charge in [-0.2, -0.15) is 0 Å². The number of furan rings is 1. The van der Waals surface area contributed by atoms with E-state index in [4.69, 9.17) is 25.3 Å². The number of fused-ring (bicyclic) bond motifs is 1. The number of hydrogen-bond acceptors (Lipinski definition) is 7. The SMILES string of the molecule is Cc1cc(-c2cc(C(=O)Nc3cc(Cl)ccc3N3CCOCC3)c3c(C)noc3n2)c(C)o1. The highest BCUT2D eigenvalue weighted by molar-refractivity contribution is 6.31. The number of pyridine rings is 1. The molecule has 0 unspecified atom stereocenters. The summed E-state index contributed by atoms with van der Waals surface area (Å²) in [5, 5.41) is 8.18. The number of morpholine rings is 1. The summed E-state index contributed by atoms with van der Waals surface area (Å²) < 4.78 is 16.5. The van der Waals surface area contributed by atoms with Gasteiger partial charge in [0.1, 0.15) is 11.5 Å². The Morgan fingerprint density at radius 3 is 2.64 bits per heavy atom. The number of carbonyl (C=O) groups is 1. The molecule has 33 heavy (non-hydrogen) atoms. The molecule has 1 saturated heterocycles. The van der Waals surface area contributed by atoms with Gasteiger partial charge in [0.25, 0.3) is 11.6 Å². The second-order valence-electron chi connectivity index (χ2n) is 8.05. The number of amides is 1. The number of rotatable bonds is 4. The Balaban J connectivity index is 1.57. The van der Waals surface area contributed by atoms with Gasteiger partial charge in [-0.05, 0) is 51.1 Å². The van der Waals surface area contributed by atoms with Gasteiger partial charge in [-0.3, -0.25) is 4.79 Å².